The summed E-state index contributed by atoms with van der Waals surface area (Å²) in [5.41, 5.74) is 6.77. The number of hydrogen-bond donors (Lipinski definition) is 2. The first-order chi connectivity index (χ1) is 9.94. The molecule has 2 rings (SSSR count). The third-order valence-electron chi connectivity index (χ3n) is 2.82. The van der Waals surface area contributed by atoms with Gasteiger partial charge in [0.1, 0.15) is 9.90 Å². The zero-order chi connectivity index (χ0) is 15.5. The second kappa shape index (κ2) is 6.76. The highest BCUT2D eigenvalue weighted by molar-refractivity contribution is 9.10. The van der Waals surface area contributed by atoms with E-state index in [1.807, 2.05) is 31.2 Å². The molecule has 0 bridgehead atoms. The molecule has 2 aromatic rings. The molecule has 0 unspecified atom stereocenters. The Kier molecular flexibility index (Phi) is 5.23. The molecule has 1 heterocycles. The maximum atomic E-state index is 12.2. The lowest BCUT2D eigenvalue weighted by Crippen LogP contribution is -2.10. The van der Waals surface area contributed by atoms with Gasteiger partial charge in [-0.2, -0.15) is 4.37 Å². The van der Waals surface area contributed by atoms with E-state index in [4.69, 9.17) is 5.73 Å². The van der Waals surface area contributed by atoms with Crippen LogP contribution in [0.25, 0.3) is 0 Å². The molecule has 0 aliphatic rings. The largest absolute Gasteiger partial charge is 0.382 e. The quantitative estimate of drug-likeness (QED) is 0.791. The topological polar surface area (TPSA) is 85.1 Å². The normalized spacial score (nSPS) is 11.5. The van der Waals surface area contributed by atoms with Gasteiger partial charge in [0.15, 0.2) is 15.7 Å². The Morgan fingerprint density at radius 3 is 2.62 bits per heavy atom. The molecule has 21 heavy (non-hydrogen) atoms. The number of halogens is 1. The molecule has 8 heteroatoms. The van der Waals surface area contributed by atoms with Crippen LogP contribution in [0, 0.1) is 0 Å². The highest BCUT2D eigenvalue weighted by Gasteiger charge is 2.24. The van der Waals surface area contributed by atoms with Crippen molar-refractivity contribution in [3.05, 3.63) is 34.3 Å². The van der Waals surface area contributed by atoms with Crippen molar-refractivity contribution in [3.8, 4) is 0 Å². The summed E-state index contributed by atoms with van der Waals surface area (Å²) in [7, 11) is -3.39. The fourth-order valence-corrected chi connectivity index (χ4v) is 4.74. The number of nitrogen functional groups attached to an aromatic ring is 1. The van der Waals surface area contributed by atoms with E-state index in [0.29, 0.717) is 18.0 Å². The second-order valence-electron chi connectivity index (χ2n) is 4.52. The van der Waals surface area contributed by atoms with Crippen LogP contribution in [-0.2, 0) is 16.4 Å². The van der Waals surface area contributed by atoms with Crippen molar-refractivity contribution in [2.24, 2.45) is 0 Å². The zero-order valence-electron chi connectivity index (χ0n) is 11.5. The van der Waals surface area contributed by atoms with Gasteiger partial charge in [0.05, 0.1) is 5.75 Å². The third kappa shape index (κ3) is 3.96. The van der Waals surface area contributed by atoms with Crippen LogP contribution in [-0.4, -0.2) is 18.5 Å². The monoisotopic (exact) mass is 389 g/mol. The van der Waals surface area contributed by atoms with Crippen LogP contribution in [0.4, 0.5) is 10.8 Å². The smallest absolute Gasteiger partial charge is 0.185 e. The number of rotatable bonds is 6. The number of nitrogens with two attached hydrogens (primary N) is 1. The van der Waals surface area contributed by atoms with E-state index in [1.165, 1.54) is 0 Å². The highest BCUT2D eigenvalue weighted by Crippen LogP contribution is 2.32. The summed E-state index contributed by atoms with van der Waals surface area (Å²) in [5.74, 6) is 0.148. The first-order valence-electron chi connectivity index (χ1n) is 6.40. The van der Waals surface area contributed by atoms with Gasteiger partial charge in [-0.05, 0) is 35.6 Å². The molecule has 0 radical (unpaired) electrons. The van der Waals surface area contributed by atoms with Crippen molar-refractivity contribution in [1.29, 1.82) is 0 Å². The van der Waals surface area contributed by atoms with Crippen LogP contribution >= 0.6 is 27.5 Å². The van der Waals surface area contributed by atoms with Crippen molar-refractivity contribution in [3.63, 3.8) is 0 Å². The van der Waals surface area contributed by atoms with Gasteiger partial charge in [-0.1, -0.05) is 35.0 Å². The lowest BCUT2D eigenvalue weighted by molar-refractivity contribution is 0.595. The maximum Gasteiger partial charge on any atom is 0.185 e. The Morgan fingerprint density at radius 2 is 2.00 bits per heavy atom. The van der Waals surface area contributed by atoms with E-state index in [0.717, 1.165) is 21.6 Å². The average Bonchev–Trinajstić information content (AvgIpc) is 2.80. The molecule has 0 saturated heterocycles. The van der Waals surface area contributed by atoms with Gasteiger partial charge in [0, 0.05) is 11.0 Å². The van der Waals surface area contributed by atoms with Crippen molar-refractivity contribution in [1.82, 2.24) is 4.37 Å². The first-order valence-corrected chi connectivity index (χ1v) is 9.62. The van der Waals surface area contributed by atoms with E-state index in [2.05, 4.69) is 25.6 Å². The van der Waals surface area contributed by atoms with E-state index in [9.17, 15) is 8.42 Å². The van der Waals surface area contributed by atoms with Crippen LogP contribution in [0.15, 0.2) is 33.6 Å². The molecule has 0 amide bonds. The molecule has 0 saturated carbocycles. The fourth-order valence-electron chi connectivity index (χ4n) is 1.86. The Labute approximate surface area is 136 Å². The average molecular weight is 390 g/mol. The molecule has 1 aromatic carbocycles. The highest BCUT2D eigenvalue weighted by atomic mass is 79.9. The molecular weight excluding hydrogens is 374 g/mol. The van der Waals surface area contributed by atoms with Gasteiger partial charge in [-0.15, -0.1) is 0 Å². The third-order valence-corrected chi connectivity index (χ3v) is 6.28. The first kappa shape index (κ1) is 16.3. The molecule has 3 N–H and O–H groups in total. The number of sulfone groups is 1. The lowest BCUT2D eigenvalue weighted by Gasteiger charge is -2.08. The van der Waals surface area contributed by atoms with Crippen molar-refractivity contribution in [2.75, 3.05) is 16.8 Å². The summed E-state index contributed by atoms with van der Waals surface area (Å²) in [4.78, 5) is 0.131. The fraction of sp³-hybridized carbons (Fsp3) is 0.308. The predicted octanol–water partition coefficient (Wildman–Crippen LogP) is 3.28. The van der Waals surface area contributed by atoms with Crippen LogP contribution < -0.4 is 11.1 Å². The van der Waals surface area contributed by atoms with Crippen LogP contribution in [0.3, 0.4) is 0 Å². The number of anilines is 2. The minimum absolute atomic E-state index is 0.0720. The molecular formula is C13H16BrN3O2S2. The minimum atomic E-state index is -3.39. The Bertz CT molecular complexity index is 712. The van der Waals surface area contributed by atoms with E-state index in [-0.39, 0.29) is 16.5 Å². The molecule has 0 fully saturated rings. The van der Waals surface area contributed by atoms with Gasteiger partial charge in [-0.3, -0.25) is 0 Å². The van der Waals surface area contributed by atoms with Crippen molar-refractivity contribution in [2.45, 2.75) is 24.8 Å². The Morgan fingerprint density at radius 1 is 1.33 bits per heavy atom. The number of hydrogen-bond acceptors (Lipinski definition) is 6. The Hall–Kier alpha value is -1.12. The number of nitrogens with one attached hydrogen (secondary N) is 1. The van der Waals surface area contributed by atoms with Gasteiger partial charge in [0.25, 0.3) is 0 Å². The molecule has 0 aliphatic heterocycles. The number of aromatic nitrogens is 1. The summed E-state index contributed by atoms with van der Waals surface area (Å²) >= 11 is 4.45. The van der Waals surface area contributed by atoms with Gasteiger partial charge < -0.3 is 11.1 Å². The summed E-state index contributed by atoms with van der Waals surface area (Å²) in [6, 6.07) is 7.79. The van der Waals surface area contributed by atoms with E-state index >= 15 is 0 Å². The van der Waals surface area contributed by atoms with Crippen molar-refractivity contribution < 1.29 is 8.42 Å². The van der Waals surface area contributed by atoms with Gasteiger partial charge >= 0.3 is 0 Å². The summed E-state index contributed by atoms with van der Waals surface area (Å²) < 4.78 is 29.4. The molecule has 0 aliphatic carbocycles. The molecule has 114 valence electrons. The SMILES string of the molecule is CCCS(=O)(=O)c1c(N)nsc1NCc1ccc(Br)cc1. The second-order valence-corrected chi connectivity index (χ2v) is 8.26. The molecule has 1 aromatic heterocycles. The summed E-state index contributed by atoms with van der Waals surface area (Å²) in [6.07, 6.45) is 0.545. The minimum Gasteiger partial charge on any atom is -0.382 e. The lowest BCUT2D eigenvalue weighted by atomic mass is 10.2. The maximum absolute atomic E-state index is 12.2. The molecule has 0 spiro atoms. The summed E-state index contributed by atoms with van der Waals surface area (Å²) in [5, 5.41) is 3.62. The van der Waals surface area contributed by atoms with Crippen LogP contribution in [0.5, 0.6) is 0 Å². The van der Waals surface area contributed by atoms with E-state index in [1.54, 1.807) is 0 Å². The zero-order valence-corrected chi connectivity index (χ0v) is 14.7. The summed E-state index contributed by atoms with van der Waals surface area (Å²) in [6.45, 7) is 2.34. The van der Waals surface area contributed by atoms with Gasteiger partial charge in [-0.25, -0.2) is 8.42 Å². The molecule has 5 nitrogen and oxygen atoms in total. The Balaban J connectivity index is 2.20. The standard InChI is InChI=1S/C13H16BrN3O2S2/c1-2-7-21(18,19)11-12(15)17-20-13(11)16-8-9-3-5-10(14)6-4-9/h3-6,16H,2,7-8H2,1H3,(H2,15,17). The van der Waals surface area contributed by atoms with Crippen molar-refractivity contribution >= 4 is 48.1 Å². The number of benzene rings is 1. The number of nitrogens with zero attached hydrogens (tertiary/aromatic N) is 1. The van der Waals surface area contributed by atoms with Crippen LogP contribution in [0.1, 0.15) is 18.9 Å². The van der Waals surface area contributed by atoms with Gasteiger partial charge in [0.2, 0.25) is 0 Å². The van der Waals surface area contributed by atoms with E-state index < -0.39 is 9.84 Å². The van der Waals surface area contributed by atoms with Crippen LogP contribution in [0.2, 0.25) is 0 Å². The molecule has 0 atom stereocenters. The predicted molar refractivity (Wildman–Crippen MR) is 90.3 cm³/mol.